The van der Waals surface area contributed by atoms with E-state index in [0.29, 0.717) is 19.0 Å². The molecule has 0 aliphatic heterocycles. The number of ether oxygens (including phenoxy) is 1. The van der Waals surface area contributed by atoms with Gasteiger partial charge in [0.05, 0.1) is 11.0 Å². The number of nitrogens with zero attached hydrogens (tertiary/aromatic N) is 3. The van der Waals surface area contributed by atoms with Crippen molar-refractivity contribution in [2.24, 2.45) is 0 Å². The van der Waals surface area contributed by atoms with E-state index in [1.54, 1.807) is 0 Å². The summed E-state index contributed by atoms with van der Waals surface area (Å²) >= 11 is 0. The summed E-state index contributed by atoms with van der Waals surface area (Å²) in [6, 6.07) is 8.08. The second kappa shape index (κ2) is 7.59. The molecule has 0 bridgehead atoms. The van der Waals surface area contributed by atoms with Gasteiger partial charge in [0.1, 0.15) is 17.9 Å². The first-order chi connectivity index (χ1) is 11.8. The van der Waals surface area contributed by atoms with Gasteiger partial charge in [-0.15, -0.1) is 0 Å². The molecule has 0 saturated heterocycles. The lowest BCUT2D eigenvalue weighted by atomic mass is 10.2. The predicted molar refractivity (Wildman–Crippen MR) is 97.9 cm³/mol. The molecule has 6 heteroatoms. The Morgan fingerprint density at radius 2 is 2.04 bits per heavy atom. The topological polar surface area (TPSA) is 78.0 Å². The highest BCUT2D eigenvalue weighted by atomic mass is 16.5. The third-order valence-electron chi connectivity index (χ3n) is 4.18. The molecule has 0 unspecified atom stereocenters. The molecule has 128 valence electrons. The second-order valence-corrected chi connectivity index (χ2v) is 5.84. The number of pyridine rings is 1. The highest BCUT2D eigenvalue weighted by molar-refractivity contribution is 6.06. The highest BCUT2D eigenvalue weighted by Crippen LogP contribution is 2.29. The number of benzene rings is 1. The molecular weight excluding hydrogens is 302 g/mol. The van der Waals surface area contributed by atoms with Crippen LogP contribution < -0.4 is 11.1 Å². The zero-order chi connectivity index (χ0) is 16.9. The minimum Gasteiger partial charge on any atom is -0.382 e. The smallest absolute Gasteiger partial charge is 0.152 e. The van der Waals surface area contributed by atoms with Crippen molar-refractivity contribution in [2.75, 3.05) is 25.9 Å². The van der Waals surface area contributed by atoms with E-state index in [-0.39, 0.29) is 0 Å². The molecular formula is C18H25N5O. The molecule has 2 heterocycles. The van der Waals surface area contributed by atoms with Gasteiger partial charge in [-0.1, -0.05) is 18.2 Å². The van der Waals surface area contributed by atoms with Crippen molar-refractivity contribution >= 4 is 27.8 Å². The van der Waals surface area contributed by atoms with Crippen LogP contribution in [0.2, 0.25) is 0 Å². The van der Waals surface area contributed by atoms with Crippen LogP contribution in [-0.4, -0.2) is 34.7 Å². The van der Waals surface area contributed by atoms with Gasteiger partial charge >= 0.3 is 0 Å². The maximum Gasteiger partial charge on any atom is 0.152 e. The summed E-state index contributed by atoms with van der Waals surface area (Å²) in [5.74, 6) is 1.40. The third-order valence-corrected chi connectivity index (χ3v) is 4.18. The Labute approximate surface area is 142 Å². The van der Waals surface area contributed by atoms with Crippen LogP contribution in [0.15, 0.2) is 24.3 Å². The molecule has 3 rings (SSSR count). The average molecular weight is 327 g/mol. The second-order valence-electron chi connectivity index (χ2n) is 5.84. The minimum atomic E-state index is 0.482. The first-order valence-electron chi connectivity index (χ1n) is 8.52. The zero-order valence-corrected chi connectivity index (χ0v) is 14.4. The molecule has 0 spiro atoms. The fourth-order valence-electron chi connectivity index (χ4n) is 3.02. The first-order valence-corrected chi connectivity index (χ1v) is 8.52. The molecule has 0 aliphatic carbocycles. The van der Waals surface area contributed by atoms with Crippen LogP contribution in [0.3, 0.4) is 0 Å². The summed E-state index contributed by atoms with van der Waals surface area (Å²) in [6.45, 7) is 5.06. The van der Waals surface area contributed by atoms with Crippen LogP contribution in [-0.2, 0) is 17.9 Å². The van der Waals surface area contributed by atoms with E-state index in [1.807, 2.05) is 32.2 Å². The van der Waals surface area contributed by atoms with Crippen molar-refractivity contribution in [2.45, 2.75) is 32.9 Å². The number of para-hydroxylation sites is 1. The molecule has 3 aromatic rings. The molecule has 1 aromatic carbocycles. The number of nitrogens with one attached hydrogen (secondary N) is 1. The molecule has 3 N–H and O–H groups in total. The number of rotatable bonds is 8. The number of hydrogen-bond acceptors (Lipinski definition) is 5. The number of aromatic nitrogens is 3. The van der Waals surface area contributed by atoms with Crippen molar-refractivity contribution < 1.29 is 4.74 Å². The van der Waals surface area contributed by atoms with Gasteiger partial charge in [-0.05, 0) is 39.4 Å². The molecule has 6 nitrogen and oxygen atoms in total. The molecule has 0 atom stereocenters. The Morgan fingerprint density at radius 3 is 2.83 bits per heavy atom. The van der Waals surface area contributed by atoms with Gasteiger partial charge in [0.15, 0.2) is 5.82 Å². The van der Waals surface area contributed by atoms with E-state index < -0.39 is 0 Å². The first kappa shape index (κ1) is 16.7. The number of nitrogen functional groups attached to an aromatic ring is 1. The highest BCUT2D eigenvalue weighted by Gasteiger charge is 2.16. The molecule has 0 amide bonds. The van der Waals surface area contributed by atoms with Crippen LogP contribution in [0, 0.1) is 0 Å². The van der Waals surface area contributed by atoms with E-state index in [0.717, 1.165) is 53.7 Å². The molecule has 0 radical (unpaired) electrons. The lowest BCUT2D eigenvalue weighted by Crippen LogP contribution is -2.10. The van der Waals surface area contributed by atoms with E-state index in [2.05, 4.69) is 20.9 Å². The zero-order valence-electron chi connectivity index (χ0n) is 14.4. The Hall–Kier alpha value is -2.18. The van der Waals surface area contributed by atoms with E-state index in [4.69, 9.17) is 15.5 Å². The van der Waals surface area contributed by atoms with Gasteiger partial charge in [0.2, 0.25) is 0 Å². The number of unbranched alkanes of at least 4 members (excludes halogenated alkanes) is 1. The van der Waals surface area contributed by atoms with Crippen LogP contribution in [0.5, 0.6) is 0 Å². The van der Waals surface area contributed by atoms with Crippen LogP contribution in [0.4, 0.5) is 5.82 Å². The number of aryl methyl sites for hydroxylation is 1. The normalized spacial score (nSPS) is 11.6. The van der Waals surface area contributed by atoms with Crippen LogP contribution in [0.1, 0.15) is 25.6 Å². The van der Waals surface area contributed by atoms with Crippen molar-refractivity contribution in [3.8, 4) is 0 Å². The maximum absolute atomic E-state index is 6.17. The van der Waals surface area contributed by atoms with Gasteiger partial charge in [-0.2, -0.15) is 0 Å². The molecule has 24 heavy (non-hydrogen) atoms. The predicted octanol–water partition coefficient (Wildman–Crippen LogP) is 2.70. The summed E-state index contributed by atoms with van der Waals surface area (Å²) in [5.41, 5.74) is 8.92. The Kier molecular flexibility index (Phi) is 5.27. The number of fused-ring (bicyclic) bond motifs is 3. The lowest BCUT2D eigenvalue weighted by Gasteiger charge is -2.11. The monoisotopic (exact) mass is 327 g/mol. The number of anilines is 1. The van der Waals surface area contributed by atoms with Gasteiger partial charge in [0.25, 0.3) is 0 Å². The maximum atomic E-state index is 6.17. The summed E-state index contributed by atoms with van der Waals surface area (Å²) in [7, 11) is 1.98. The molecule has 0 fully saturated rings. The fraction of sp³-hybridized carbons (Fsp3) is 0.444. The molecule has 0 aliphatic rings. The standard InChI is InChI=1S/C18H25N5O/c1-3-24-12-15-22-16-17(23(15)11-7-6-10-20-2)13-8-4-5-9-14(13)21-18(16)19/h4-5,8-9,20H,3,6-7,10-12H2,1-2H3,(H2,19,21). The Bertz CT molecular complexity index is 827. The van der Waals surface area contributed by atoms with Crippen molar-refractivity contribution in [3.63, 3.8) is 0 Å². The van der Waals surface area contributed by atoms with Gasteiger partial charge in [0, 0.05) is 18.5 Å². The minimum absolute atomic E-state index is 0.482. The Balaban J connectivity index is 2.11. The number of nitrogens with two attached hydrogens (primary N) is 1. The van der Waals surface area contributed by atoms with Crippen molar-refractivity contribution in [1.29, 1.82) is 0 Å². The fourth-order valence-corrected chi connectivity index (χ4v) is 3.02. The number of hydrogen-bond donors (Lipinski definition) is 2. The third kappa shape index (κ3) is 3.20. The van der Waals surface area contributed by atoms with E-state index in [9.17, 15) is 0 Å². The summed E-state index contributed by atoms with van der Waals surface area (Å²) in [6.07, 6.45) is 2.19. The van der Waals surface area contributed by atoms with E-state index >= 15 is 0 Å². The lowest BCUT2D eigenvalue weighted by molar-refractivity contribution is 0.126. The summed E-state index contributed by atoms with van der Waals surface area (Å²) < 4.78 is 7.86. The summed E-state index contributed by atoms with van der Waals surface area (Å²) in [5, 5.41) is 4.28. The molecule has 2 aromatic heterocycles. The number of imidazole rings is 1. The summed E-state index contributed by atoms with van der Waals surface area (Å²) in [4.78, 5) is 9.23. The van der Waals surface area contributed by atoms with Gasteiger partial charge < -0.3 is 20.4 Å². The van der Waals surface area contributed by atoms with Gasteiger partial charge in [-0.25, -0.2) is 9.97 Å². The molecule has 0 saturated carbocycles. The average Bonchev–Trinajstić information content (AvgIpc) is 2.96. The van der Waals surface area contributed by atoms with Crippen LogP contribution >= 0.6 is 0 Å². The van der Waals surface area contributed by atoms with Crippen LogP contribution in [0.25, 0.3) is 21.9 Å². The largest absolute Gasteiger partial charge is 0.382 e. The van der Waals surface area contributed by atoms with Crippen molar-refractivity contribution in [1.82, 2.24) is 19.9 Å². The Morgan fingerprint density at radius 1 is 1.21 bits per heavy atom. The van der Waals surface area contributed by atoms with E-state index in [1.165, 1.54) is 0 Å². The SMILES string of the molecule is CCOCc1nc2c(N)nc3ccccc3c2n1CCCCNC. The van der Waals surface area contributed by atoms with Gasteiger partial charge in [-0.3, -0.25) is 0 Å². The quantitative estimate of drug-likeness (QED) is 0.622. The van der Waals surface area contributed by atoms with Crippen molar-refractivity contribution in [3.05, 3.63) is 30.1 Å².